The molecule has 1 saturated carbocycles. The predicted molar refractivity (Wildman–Crippen MR) is 112 cm³/mol. The van der Waals surface area contributed by atoms with Gasteiger partial charge in [-0.25, -0.2) is 4.39 Å². The first-order chi connectivity index (χ1) is 14.5. The lowest BCUT2D eigenvalue weighted by molar-refractivity contribution is -0.141. The molecule has 6 heteroatoms. The number of nitrogens with zero attached hydrogens (tertiary/aromatic N) is 3. The number of rotatable bonds is 5. The van der Waals surface area contributed by atoms with Crippen LogP contribution in [0.3, 0.4) is 0 Å². The summed E-state index contributed by atoms with van der Waals surface area (Å²) in [6.07, 6.45) is 5.09. The molecule has 0 bridgehead atoms. The van der Waals surface area contributed by atoms with Crippen LogP contribution in [0.4, 0.5) is 4.39 Å². The van der Waals surface area contributed by atoms with Gasteiger partial charge >= 0.3 is 0 Å². The molecule has 5 nitrogen and oxygen atoms in total. The van der Waals surface area contributed by atoms with Gasteiger partial charge in [0.15, 0.2) is 0 Å². The second-order valence-electron chi connectivity index (χ2n) is 8.48. The van der Waals surface area contributed by atoms with E-state index in [-0.39, 0.29) is 35.5 Å². The summed E-state index contributed by atoms with van der Waals surface area (Å²) in [7, 11) is 1.80. The molecule has 2 fully saturated rings. The molecular formula is C24H28FN3O2. The van der Waals surface area contributed by atoms with Gasteiger partial charge in [-0.15, -0.1) is 0 Å². The highest BCUT2D eigenvalue weighted by Gasteiger charge is 2.37. The minimum atomic E-state index is -0.384. The minimum absolute atomic E-state index is 0.0490. The lowest BCUT2D eigenvalue weighted by Crippen LogP contribution is -2.45. The predicted octanol–water partition coefficient (Wildman–Crippen LogP) is 3.73. The van der Waals surface area contributed by atoms with Gasteiger partial charge < -0.3 is 9.80 Å². The average molecular weight is 410 g/mol. The van der Waals surface area contributed by atoms with Gasteiger partial charge in [0.2, 0.25) is 11.8 Å². The fourth-order valence-corrected chi connectivity index (χ4v) is 4.34. The summed E-state index contributed by atoms with van der Waals surface area (Å²) in [5, 5.41) is 0. The maximum atomic E-state index is 13.5. The molecule has 1 aromatic heterocycles. The Kier molecular flexibility index (Phi) is 5.84. The number of carbonyl (C=O) groups is 2. The van der Waals surface area contributed by atoms with Crippen molar-refractivity contribution in [1.29, 1.82) is 0 Å². The molecule has 2 heterocycles. The summed E-state index contributed by atoms with van der Waals surface area (Å²) in [6, 6.07) is 9.73. The number of likely N-dealkylation sites (tertiary alicyclic amines) is 1. The van der Waals surface area contributed by atoms with Crippen LogP contribution in [0.25, 0.3) is 0 Å². The largest absolute Gasteiger partial charge is 0.342 e. The first kappa shape index (κ1) is 20.5. The lowest BCUT2D eigenvalue weighted by Gasteiger charge is -2.36. The molecule has 0 spiro atoms. The van der Waals surface area contributed by atoms with E-state index in [1.807, 2.05) is 24.0 Å². The van der Waals surface area contributed by atoms with E-state index in [0.29, 0.717) is 25.9 Å². The molecule has 1 saturated heterocycles. The quantitative estimate of drug-likeness (QED) is 0.756. The summed E-state index contributed by atoms with van der Waals surface area (Å²) in [5.41, 5.74) is 2.60. The Morgan fingerprint density at radius 3 is 2.33 bits per heavy atom. The highest BCUT2D eigenvalue weighted by Crippen LogP contribution is 2.34. The number of hydrogen-bond acceptors (Lipinski definition) is 3. The van der Waals surface area contributed by atoms with Crippen LogP contribution in [0.5, 0.6) is 0 Å². The molecule has 4 rings (SSSR count). The van der Waals surface area contributed by atoms with Crippen molar-refractivity contribution in [3.63, 3.8) is 0 Å². The van der Waals surface area contributed by atoms with E-state index in [1.54, 1.807) is 30.3 Å². The SMILES string of the molecule is Cc1cccnc1C(c1ccc(F)cc1)N(C)C(=O)C1CCN(C(=O)C2CC2)CC1. The van der Waals surface area contributed by atoms with Crippen molar-refractivity contribution in [2.24, 2.45) is 11.8 Å². The standard InChI is InChI=1S/C24H28FN3O2/c1-16-4-3-13-26-21(16)22(17-7-9-20(25)10-8-17)27(2)23(29)19-11-14-28(15-12-19)24(30)18-5-6-18/h3-4,7-10,13,18-19,22H,5-6,11-12,14-15H2,1-2H3. The Hall–Kier alpha value is -2.76. The fraction of sp³-hybridized carbons (Fsp3) is 0.458. The number of aryl methyl sites for hydroxylation is 1. The van der Waals surface area contributed by atoms with Crippen LogP contribution in [0.15, 0.2) is 42.6 Å². The highest BCUT2D eigenvalue weighted by molar-refractivity contribution is 5.82. The van der Waals surface area contributed by atoms with Gasteiger partial charge in [-0.3, -0.25) is 14.6 Å². The second-order valence-corrected chi connectivity index (χ2v) is 8.48. The molecule has 2 aliphatic rings. The van der Waals surface area contributed by atoms with Crippen molar-refractivity contribution in [3.8, 4) is 0 Å². The van der Waals surface area contributed by atoms with Crippen LogP contribution in [-0.4, -0.2) is 46.7 Å². The summed E-state index contributed by atoms with van der Waals surface area (Å²) < 4.78 is 13.5. The number of pyridine rings is 1. The van der Waals surface area contributed by atoms with E-state index in [0.717, 1.165) is 29.7 Å². The smallest absolute Gasteiger partial charge is 0.226 e. The maximum Gasteiger partial charge on any atom is 0.226 e. The Labute approximate surface area is 176 Å². The number of halogens is 1. The number of amides is 2. The van der Waals surface area contributed by atoms with Crippen molar-refractivity contribution in [1.82, 2.24) is 14.8 Å². The molecule has 1 aromatic carbocycles. The third-order valence-corrected chi connectivity index (χ3v) is 6.31. The van der Waals surface area contributed by atoms with Gasteiger partial charge in [-0.05, 0) is 61.9 Å². The monoisotopic (exact) mass is 409 g/mol. The van der Waals surface area contributed by atoms with Gasteiger partial charge in [0.1, 0.15) is 5.82 Å². The van der Waals surface area contributed by atoms with E-state index >= 15 is 0 Å². The van der Waals surface area contributed by atoms with Gasteiger partial charge in [0, 0.05) is 38.2 Å². The van der Waals surface area contributed by atoms with E-state index in [4.69, 9.17) is 0 Å². The minimum Gasteiger partial charge on any atom is -0.342 e. The zero-order valence-corrected chi connectivity index (χ0v) is 17.6. The molecule has 1 atom stereocenters. The molecule has 0 radical (unpaired) electrons. The van der Waals surface area contributed by atoms with E-state index in [9.17, 15) is 14.0 Å². The summed E-state index contributed by atoms with van der Waals surface area (Å²) in [5.74, 6) is 0.0903. The third-order valence-electron chi connectivity index (χ3n) is 6.31. The Morgan fingerprint density at radius 1 is 1.07 bits per heavy atom. The Balaban J connectivity index is 1.53. The third kappa shape index (κ3) is 4.23. The van der Waals surface area contributed by atoms with E-state index in [2.05, 4.69) is 4.98 Å². The molecular weight excluding hydrogens is 381 g/mol. The fourth-order valence-electron chi connectivity index (χ4n) is 4.34. The van der Waals surface area contributed by atoms with Crippen molar-refractivity contribution >= 4 is 11.8 Å². The Bertz CT molecular complexity index is 918. The van der Waals surface area contributed by atoms with Crippen molar-refractivity contribution in [2.45, 2.75) is 38.6 Å². The molecule has 30 heavy (non-hydrogen) atoms. The number of aromatic nitrogens is 1. The first-order valence-electron chi connectivity index (χ1n) is 10.7. The molecule has 1 unspecified atom stereocenters. The maximum absolute atomic E-state index is 13.5. The van der Waals surface area contributed by atoms with Crippen LogP contribution < -0.4 is 0 Å². The molecule has 1 aliphatic carbocycles. The number of piperidine rings is 1. The summed E-state index contributed by atoms with van der Waals surface area (Å²) >= 11 is 0. The molecule has 1 aliphatic heterocycles. The van der Waals surface area contributed by atoms with E-state index in [1.165, 1.54) is 12.1 Å². The zero-order chi connectivity index (χ0) is 21.3. The van der Waals surface area contributed by atoms with Crippen molar-refractivity contribution in [2.75, 3.05) is 20.1 Å². The average Bonchev–Trinajstić information content (AvgIpc) is 3.61. The van der Waals surface area contributed by atoms with Crippen LogP contribution in [0, 0.1) is 24.6 Å². The van der Waals surface area contributed by atoms with Gasteiger partial charge in [-0.2, -0.15) is 0 Å². The lowest BCUT2D eigenvalue weighted by atomic mass is 9.92. The van der Waals surface area contributed by atoms with Gasteiger partial charge in [0.25, 0.3) is 0 Å². The first-order valence-corrected chi connectivity index (χ1v) is 10.7. The number of hydrogen-bond donors (Lipinski definition) is 0. The van der Waals surface area contributed by atoms with Crippen LogP contribution >= 0.6 is 0 Å². The molecule has 2 amide bonds. The molecule has 2 aromatic rings. The Morgan fingerprint density at radius 2 is 1.73 bits per heavy atom. The topological polar surface area (TPSA) is 53.5 Å². The van der Waals surface area contributed by atoms with Gasteiger partial charge in [-0.1, -0.05) is 18.2 Å². The molecule has 0 N–H and O–H groups in total. The summed E-state index contributed by atoms with van der Waals surface area (Å²) in [4.78, 5) is 33.9. The summed E-state index contributed by atoms with van der Waals surface area (Å²) in [6.45, 7) is 3.26. The zero-order valence-electron chi connectivity index (χ0n) is 17.6. The van der Waals surface area contributed by atoms with Gasteiger partial charge in [0.05, 0.1) is 11.7 Å². The van der Waals surface area contributed by atoms with Crippen LogP contribution in [0.1, 0.15) is 48.5 Å². The molecule has 158 valence electrons. The van der Waals surface area contributed by atoms with E-state index < -0.39 is 0 Å². The van der Waals surface area contributed by atoms with Crippen LogP contribution in [0.2, 0.25) is 0 Å². The second kappa shape index (κ2) is 8.54. The van der Waals surface area contributed by atoms with Crippen molar-refractivity contribution < 1.29 is 14.0 Å². The highest BCUT2D eigenvalue weighted by atomic mass is 19.1. The number of carbonyl (C=O) groups excluding carboxylic acids is 2. The van der Waals surface area contributed by atoms with Crippen LogP contribution in [-0.2, 0) is 9.59 Å². The normalized spacial score (nSPS) is 18.2. The van der Waals surface area contributed by atoms with Crippen molar-refractivity contribution in [3.05, 3.63) is 65.2 Å². The number of benzene rings is 1.